The molecule has 1 rings (SSSR count). The molecule has 0 unspecified atom stereocenters. The third-order valence-electron chi connectivity index (χ3n) is 1.51. The summed E-state index contributed by atoms with van der Waals surface area (Å²) < 4.78 is 5.39. The van der Waals surface area contributed by atoms with E-state index in [0.29, 0.717) is 17.5 Å². The van der Waals surface area contributed by atoms with Gasteiger partial charge in [0.25, 0.3) is 0 Å². The van der Waals surface area contributed by atoms with Crippen LogP contribution in [0.25, 0.3) is 0 Å². The van der Waals surface area contributed by atoms with Crippen molar-refractivity contribution in [3.05, 3.63) is 35.6 Å². The van der Waals surface area contributed by atoms with Gasteiger partial charge < -0.3 is 4.74 Å². The largest absolute Gasteiger partial charge is 0.490 e. The lowest BCUT2D eigenvalue weighted by atomic mass is 10.3. The van der Waals surface area contributed by atoms with E-state index >= 15 is 0 Å². The Kier molecular flexibility index (Phi) is 3.77. The van der Waals surface area contributed by atoms with Crippen LogP contribution in [0.2, 0.25) is 5.15 Å². The SMILES string of the molecule is C=C(C)CCOc1cccnc1Cl. The van der Waals surface area contributed by atoms with Crippen molar-refractivity contribution in [2.75, 3.05) is 6.61 Å². The first-order chi connectivity index (χ1) is 6.20. The summed E-state index contributed by atoms with van der Waals surface area (Å²) in [4.78, 5) is 3.89. The number of hydrogen-bond donors (Lipinski definition) is 0. The summed E-state index contributed by atoms with van der Waals surface area (Å²) >= 11 is 5.78. The van der Waals surface area contributed by atoms with Gasteiger partial charge in [-0.25, -0.2) is 4.98 Å². The molecule has 3 heteroatoms. The lowest BCUT2D eigenvalue weighted by Gasteiger charge is -2.06. The third kappa shape index (κ3) is 3.47. The molecule has 0 spiro atoms. The molecule has 0 aromatic carbocycles. The summed E-state index contributed by atoms with van der Waals surface area (Å²) in [6.45, 7) is 6.34. The van der Waals surface area contributed by atoms with E-state index in [-0.39, 0.29) is 0 Å². The number of halogens is 1. The predicted octanol–water partition coefficient (Wildman–Crippen LogP) is 3.08. The van der Waals surface area contributed by atoms with Crippen LogP contribution in [-0.4, -0.2) is 11.6 Å². The van der Waals surface area contributed by atoms with Crippen molar-refractivity contribution in [3.63, 3.8) is 0 Å². The molecule has 0 atom stereocenters. The first-order valence-electron chi connectivity index (χ1n) is 4.08. The Bertz CT molecular complexity index is 299. The molecule has 0 fully saturated rings. The summed E-state index contributed by atoms with van der Waals surface area (Å²) in [7, 11) is 0. The van der Waals surface area contributed by atoms with Crippen molar-refractivity contribution < 1.29 is 4.74 Å². The van der Waals surface area contributed by atoms with Crippen LogP contribution in [0, 0.1) is 0 Å². The van der Waals surface area contributed by atoms with Crippen molar-refractivity contribution >= 4 is 11.6 Å². The van der Waals surface area contributed by atoms with Gasteiger partial charge in [0.05, 0.1) is 6.61 Å². The summed E-state index contributed by atoms with van der Waals surface area (Å²) in [6.07, 6.45) is 2.47. The van der Waals surface area contributed by atoms with Gasteiger partial charge in [0.1, 0.15) is 0 Å². The Hall–Kier alpha value is -1.02. The molecule has 0 radical (unpaired) electrons. The molecule has 0 bridgehead atoms. The van der Waals surface area contributed by atoms with Gasteiger partial charge in [-0.15, -0.1) is 6.58 Å². The van der Waals surface area contributed by atoms with Crippen molar-refractivity contribution in [1.82, 2.24) is 4.98 Å². The number of rotatable bonds is 4. The second-order valence-electron chi connectivity index (χ2n) is 2.85. The van der Waals surface area contributed by atoms with Gasteiger partial charge in [0.2, 0.25) is 0 Å². The predicted molar refractivity (Wildman–Crippen MR) is 54.2 cm³/mol. The second-order valence-corrected chi connectivity index (χ2v) is 3.21. The molecule has 0 aliphatic rings. The van der Waals surface area contributed by atoms with Gasteiger partial charge >= 0.3 is 0 Å². The Morgan fingerprint density at radius 2 is 2.46 bits per heavy atom. The highest BCUT2D eigenvalue weighted by Gasteiger charge is 1.99. The van der Waals surface area contributed by atoms with E-state index in [4.69, 9.17) is 16.3 Å². The van der Waals surface area contributed by atoms with E-state index < -0.39 is 0 Å². The molecule has 0 saturated heterocycles. The van der Waals surface area contributed by atoms with Gasteiger partial charge in [-0.3, -0.25) is 0 Å². The highest BCUT2D eigenvalue weighted by atomic mass is 35.5. The van der Waals surface area contributed by atoms with Gasteiger partial charge in [-0.2, -0.15) is 0 Å². The number of hydrogen-bond acceptors (Lipinski definition) is 2. The summed E-state index contributed by atoms with van der Waals surface area (Å²) in [5.41, 5.74) is 1.10. The molecule has 70 valence electrons. The van der Waals surface area contributed by atoms with Gasteiger partial charge in [-0.1, -0.05) is 17.2 Å². The van der Waals surface area contributed by atoms with Crippen LogP contribution < -0.4 is 4.74 Å². The molecule has 0 aliphatic heterocycles. The summed E-state index contributed by atoms with van der Waals surface area (Å²) in [5.74, 6) is 0.630. The van der Waals surface area contributed by atoms with E-state index in [0.717, 1.165) is 12.0 Å². The number of ether oxygens (including phenoxy) is 1. The first-order valence-corrected chi connectivity index (χ1v) is 4.45. The minimum Gasteiger partial charge on any atom is -0.490 e. The molecular formula is C10H12ClNO. The second kappa shape index (κ2) is 4.87. The zero-order valence-corrected chi connectivity index (χ0v) is 8.34. The highest BCUT2D eigenvalue weighted by Crippen LogP contribution is 2.20. The zero-order valence-electron chi connectivity index (χ0n) is 7.59. The maximum Gasteiger partial charge on any atom is 0.171 e. The maximum atomic E-state index is 5.78. The molecule has 2 nitrogen and oxygen atoms in total. The van der Waals surface area contributed by atoms with Crippen LogP contribution in [0.3, 0.4) is 0 Å². The molecule has 1 aromatic heterocycles. The molecule has 1 heterocycles. The Morgan fingerprint density at radius 1 is 1.69 bits per heavy atom. The quantitative estimate of drug-likeness (QED) is 0.547. The average Bonchev–Trinajstić information content (AvgIpc) is 2.08. The van der Waals surface area contributed by atoms with Gasteiger partial charge in [0, 0.05) is 12.6 Å². The number of aromatic nitrogens is 1. The monoisotopic (exact) mass is 197 g/mol. The number of nitrogens with zero attached hydrogens (tertiary/aromatic N) is 1. The van der Waals surface area contributed by atoms with Crippen molar-refractivity contribution in [2.45, 2.75) is 13.3 Å². The standard InChI is InChI=1S/C10H12ClNO/c1-8(2)5-7-13-9-4-3-6-12-10(9)11/h3-4,6H,1,5,7H2,2H3. The average molecular weight is 198 g/mol. The Labute approximate surface area is 83.2 Å². The van der Waals surface area contributed by atoms with Crippen LogP contribution in [-0.2, 0) is 0 Å². The van der Waals surface area contributed by atoms with Gasteiger partial charge in [-0.05, 0) is 19.1 Å². The lowest BCUT2D eigenvalue weighted by Crippen LogP contribution is -1.98. The topological polar surface area (TPSA) is 22.1 Å². The minimum atomic E-state index is 0.407. The van der Waals surface area contributed by atoms with E-state index in [1.54, 1.807) is 18.3 Å². The minimum absolute atomic E-state index is 0.407. The molecule has 1 aromatic rings. The van der Waals surface area contributed by atoms with Crippen LogP contribution in [0.1, 0.15) is 13.3 Å². The van der Waals surface area contributed by atoms with Gasteiger partial charge in [0.15, 0.2) is 10.9 Å². The van der Waals surface area contributed by atoms with Crippen LogP contribution in [0.5, 0.6) is 5.75 Å². The fraction of sp³-hybridized carbons (Fsp3) is 0.300. The maximum absolute atomic E-state index is 5.78. The zero-order chi connectivity index (χ0) is 9.68. The Balaban J connectivity index is 2.45. The van der Waals surface area contributed by atoms with E-state index in [1.165, 1.54) is 0 Å². The lowest BCUT2D eigenvalue weighted by molar-refractivity contribution is 0.320. The number of pyridine rings is 1. The van der Waals surface area contributed by atoms with Crippen LogP contribution in [0.4, 0.5) is 0 Å². The first kappa shape index (κ1) is 10.1. The molecule has 0 N–H and O–H groups in total. The van der Waals surface area contributed by atoms with Crippen molar-refractivity contribution in [2.24, 2.45) is 0 Å². The van der Waals surface area contributed by atoms with Crippen LogP contribution in [0.15, 0.2) is 30.5 Å². The van der Waals surface area contributed by atoms with E-state index in [2.05, 4.69) is 11.6 Å². The van der Waals surface area contributed by atoms with E-state index in [9.17, 15) is 0 Å². The van der Waals surface area contributed by atoms with Crippen molar-refractivity contribution in [3.8, 4) is 5.75 Å². The highest BCUT2D eigenvalue weighted by molar-refractivity contribution is 6.30. The van der Waals surface area contributed by atoms with Crippen molar-refractivity contribution in [1.29, 1.82) is 0 Å². The molecule has 0 amide bonds. The third-order valence-corrected chi connectivity index (χ3v) is 1.80. The molecule has 13 heavy (non-hydrogen) atoms. The molecule has 0 saturated carbocycles. The normalized spacial score (nSPS) is 9.69. The van der Waals surface area contributed by atoms with Crippen LogP contribution >= 0.6 is 11.6 Å². The fourth-order valence-electron chi connectivity index (χ4n) is 0.814. The summed E-state index contributed by atoms with van der Waals surface area (Å²) in [5, 5.41) is 0.407. The van der Waals surface area contributed by atoms with E-state index in [1.807, 2.05) is 6.92 Å². The smallest absolute Gasteiger partial charge is 0.171 e. The Morgan fingerprint density at radius 3 is 3.08 bits per heavy atom. The summed E-state index contributed by atoms with van der Waals surface area (Å²) in [6, 6.07) is 3.59. The molecular weight excluding hydrogens is 186 g/mol. The molecule has 0 aliphatic carbocycles. The fourth-order valence-corrected chi connectivity index (χ4v) is 0.988.